The Morgan fingerprint density at radius 3 is 2.44 bits per heavy atom. The molecule has 0 amide bonds. The van der Waals surface area contributed by atoms with Crippen LogP contribution in [0.2, 0.25) is 0 Å². The number of carboxylic acid groups (broad SMARTS) is 1. The number of carboxylic acids is 1. The Labute approximate surface area is 103 Å². The Balaban J connectivity index is 2.79. The van der Waals surface area contributed by atoms with Crippen LogP contribution in [-0.2, 0) is 0 Å². The molecule has 0 aliphatic rings. The molecule has 0 unspecified atom stereocenters. The van der Waals surface area contributed by atoms with Crippen molar-refractivity contribution in [1.82, 2.24) is 0 Å². The lowest BCUT2D eigenvalue weighted by molar-refractivity contribution is 0.0697. The fraction of sp³-hybridized carbons (Fsp3) is 0.154. The SMILES string of the molecule is COc1cc2cc(C(=O)O)ccc2c(OC)c1O. The van der Waals surface area contributed by atoms with E-state index in [1.54, 1.807) is 12.1 Å². The molecule has 2 aromatic rings. The lowest BCUT2D eigenvalue weighted by Gasteiger charge is -2.12. The molecule has 5 nitrogen and oxygen atoms in total. The zero-order valence-corrected chi connectivity index (χ0v) is 9.93. The molecular weight excluding hydrogens is 236 g/mol. The van der Waals surface area contributed by atoms with E-state index in [0.717, 1.165) is 0 Å². The van der Waals surface area contributed by atoms with Crippen LogP contribution in [0.4, 0.5) is 0 Å². The smallest absolute Gasteiger partial charge is 0.335 e. The Morgan fingerprint density at radius 2 is 1.89 bits per heavy atom. The summed E-state index contributed by atoms with van der Waals surface area (Å²) in [5.41, 5.74) is 0.164. The molecule has 0 saturated heterocycles. The Bertz CT molecular complexity index is 618. The van der Waals surface area contributed by atoms with Crippen LogP contribution >= 0.6 is 0 Å². The second-order valence-electron chi connectivity index (χ2n) is 3.70. The van der Waals surface area contributed by atoms with Crippen molar-refractivity contribution in [1.29, 1.82) is 0 Å². The van der Waals surface area contributed by atoms with Crippen molar-refractivity contribution in [3.8, 4) is 17.2 Å². The molecule has 0 aliphatic heterocycles. The number of rotatable bonds is 3. The lowest BCUT2D eigenvalue weighted by Crippen LogP contribution is -1.96. The molecule has 0 radical (unpaired) electrons. The number of ether oxygens (including phenoxy) is 2. The summed E-state index contributed by atoms with van der Waals surface area (Å²) in [5.74, 6) is -0.610. The van der Waals surface area contributed by atoms with Gasteiger partial charge in [-0.05, 0) is 29.7 Å². The van der Waals surface area contributed by atoms with Gasteiger partial charge >= 0.3 is 5.97 Å². The van der Waals surface area contributed by atoms with Gasteiger partial charge in [-0.15, -0.1) is 0 Å². The van der Waals surface area contributed by atoms with E-state index in [4.69, 9.17) is 14.6 Å². The predicted octanol–water partition coefficient (Wildman–Crippen LogP) is 2.26. The van der Waals surface area contributed by atoms with Gasteiger partial charge < -0.3 is 19.7 Å². The second kappa shape index (κ2) is 4.44. The molecular formula is C13H12O5. The first-order valence-corrected chi connectivity index (χ1v) is 5.19. The minimum atomic E-state index is -1.01. The maximum atomic E-state index is 10.9. The van der Waals surface area contributed by atoms with Crippen molar-refractivity contribution < 1.29 is 24.5 Å². The summed E-state index contributed by atoms with van der Waals surface area (Å²) in [7, 11) is 2.85. The first-order valence-electron chi connectivity index (χ1n) is 5.19. The number of carbonyl (C=O) groups is 1. The lowest BCUT2D eigenvalue weighted by atomic mass is 10.0. The third-order valence-corrected chi connectivity index (χ3v) is 2.70. The average Bonchev–Trinajstić information content (AvgIpc) is 2.37. The van der Waals surface area contributed by atoms with Gasteiger partial charge in [0.05, 0.1) is 19.8 Å². The Kier molecular flexibility index (Phi) is 2.97. The highest BCUT2D eigenvalue weighted by Gasteiger charge is 2.15. The number of methoxy groups -OCH3 is 2. The molecule has 0 atom stereocenters. The van der Waals surface area contributed by atoms with E-state index in [1.165, 1.54) is 26.4 Å². The number of hydrogen-bond donors (Lipinski definition) is 2. The summed E-state index contributed by atoms with van der Waals surface area (Å²) in [6, 6.07) is 6.12. The van der Waals surface area contributed by atoms with Gasteiger partial charge in [0.1, 0.15) is 0 Å². The van der Waals surface area contributed by atoms with Crippen molar-refractivity contribution in [2.75, 3.05) is 14.2 Å². The minimum absolute atomic E-state index is 0.101. The van der Waals surface area contributed by atoms with Gasteiger partial charge in [0.2, 0.25) is 5.75 Å². The van der Waals surface area contributed by atoms with Crippen LogP contribution in [0.25, 0.3) is 10.8 Å². The van der Waals surface area contributed by atoms with Gasteiger partial charge in [-0.25, -0.2) is 4.79 Å². The zero-order chi connectivity index (χ0) is 13.3. The van der Waals surface area contributed by atoms with Crippen molar-refractivity contribution in [2.24, 2.45) is 0 Å². The van der Waals surface area contributed by atoms with E-state index < -0.39 is 5.97 Å². The third-order valence-electron chi connectivity index (χ3n) is 2.70. The van der Waals surface area contributed by atoms with E-state index in [-0.39, 0.29) is 22.8 Å². The maximum Gasteiger partial charge on any atom is 0.335 e. The molecule has 18 heavy (non-hydrogen) atoms. The molecule has 0 heterocycles. The number of benzene rings is 2. The van der Waals surface area contributed by atoms with E-state index in [2.05, 4.69) is 0 Å². The highest BCUT2D eigenvalue weighted by Crippen LogP contribution is 2.42. The normalized spacial score (nSPS) is 10.3. The molecule has 2 aromatic carbocycles. The van der Waals surface area contributed by atoms with Crippen molar-refractivity contribution >= 4 is 16.7 Å². The number of aromatic carboxylic acids is 1. The molecule has 0 fully saturated rings. The summed E-state index contributed by atoms with van der Waals surface area (Å²) in [6.45, 7) is 0. The van der Waals surface area contributed by atoms with Crippen LogP contribution in [0.3, 0.4) is 0 Å². The molecule has 0 aliphatic carbocycles. The molecule has 2 rings (SSSR count). The van der Waals surface area contributed by atoms with Gasteiger partial charge in [-0.1, -0.05) is 0 Å². The number of aromatic hydroxyl groups is 1. The molecule has 0 saturated carbocycles. The van der Waals surface area contributed by atoms with Crippen LogP contribution in [0.1, 0.15) is 10.4 Å². The predicted molar refractivity (Wildman–Crippen MR) is 65.7 cm³/mol. The largest absolute Gasteiger partial charge is 0.502 e. The number of fused-ring (bicyclic) bond motifs is 1. The summed E-state index contributed by atoms with van der Waals surface area (Å²) in [5, 5.41) is 20.1. The Hall–Kier alpha value is -2.43. The van der Waals surface area contributed by atoms with Gasteiger partial charge in [0.15, 0.2) is 11.5 Å². The first-order chi connectivity index (χ1) is 8.58. The van der Waals surface area contributed by atoms with Crippen LogP contribution < -0.4 is 9.47 Å². The molecule has 2 N–H and O–H groups in total. The van der Waals surface area contributed by atoms with E-state index >= 15 is 0 Å². The first kappa shape index (κ1) is 12.0. The van der Waals surface area contributed by atoms with Crippen molar-refractivity contribution in [2.45, 2.75) is 0 Å². The maximum absolute atomic E-state index is 10.9. The van der Waals surface area contributed by atoms with Crippen molar-refractivity contribution in [3.05, 3.63) is 29.8 Å². The monoisotopic (exact) mass is 248 g/mol. The topological polar surface area (TPSA) is 76.0 Å². The van der Waals surface area contributed by atoms with Gasteiger partial charge in [0.25, 0.3) is 0 Å². The summed E-state index contributed by atoms with van der Waals surface area (Å²) >= 11 is 0. The highest BCUT2D eigenvalue weighted by atomic mass is 16.5. The van der Waals surface area contributed by atoms with Gasteiger partial charge in [-0.3, -0.25) is 0 Å². The van der Waals surface area contributed by atoms with E-state index in [1.807, 2.05) is 0 Å². The summed E-state index contributed by atoms with van der Waals surface area (Å²) < 4.78 is 10.1. The summed E-state index contributed by atoms with van der Waals surface area (Å²) in [4.78, 5) is 10.9. The molecule has 0 aromatic heterocycles. The number of phenols is 1. The van der Waals surface area contributed by atoms with Gasteiger partial charge in [-0.2, -0.15) is 0 Å². The van der Waals surface area contributed by atoms with Gasteiger partial charge in [0, 0.05) is 5.39 Å². The Morgan fingerprint density at radius 1 is 1.17 bits per heavy atom. The van der Waals surface area contributed by atoms with E-state index in [0.29, 0.717) is 10.8 Å². The molecule has 0 spiro atoms. The zero-order valence-electron chi connectivity index (χ0n) is 9.93. The van der Waals surface area contributed by atoms with Crippen LogP contribution in [-0.4, -0.2) is 30.4 Å². The molecule has 5 heteroatoms. The third kappa shape index (κ3) is 1.79. The summed E-state index contributed by atoms with van der Waals surface area (Å²) in [6.07, 6.45) is 0. The highest BCUT2D eigenvalue weighted by molar-refractivity contribution is 5.98. The van der Waals surface area contributed by atoms with Crippen LogP contribution in [0.5, 0.6) is 17.2 Å². The average molecular weight is 248 g/mol. The van der Waals surface area contributed by atoms with Crippen molar-refractivity contribution in [3.63, 3.8) is 0 Å². The molecule has 0 bridgehead atoms. The second-order valence-corrected chi connectivity index (χ2v) is 3.70. The fourth-order valence-corrected chi connectivity index (χ4v) is 1.83. The van der Waals surface area contributed by atoms with Crippen LogP contribution in [0, 0.1) is 0 Å². The fourth-order valence-electron chi connectivity index (χ4n) is 1.83. The van der Waals surface area contributed by atoms with Crippen LogP contribution in [0.15, 0.2) is 24.3 Å². The minimum Gasteiger partial charge on any atom is -0.502 e. The molecule has 94 valence electrons. The number of hydrogen-bond acceptors (Lipinski definition) is 4. The quantitative estimate of drug-likeness (QED) is 0.871. The standard InChI is InChI=1S/C13H12O5/c1-17-10-6-8-5-7(13(15)16)3-4-9(8)12(18-2)11(10)14/h3-6,14H,1-2H3,(H,15,16). The van der Waals surface area contributed by atoms with E-state index in [9.17, 15) is 9.90 Å². The number of phenolic OH excluding ortho intramolecular Hbond substituents is 1.